The summed E-state index contributed by atoms with van der Waals surface area (Å²) in [6.07, 6.45) is 2.09. The molecular formula is C14H22FNO. The van der Waals surface area contributed by atoms with Crippen molar-refractivity contribution < 1.29 is 9.13 Å². The highest BCUT2D eigenvalue weighted by atomic mass is 19.1. The largest absolute Gasteiger partial charge is 0.493 e. The molecule has 2 N–H and O–H groups in total. The number of hydrogen-bond acceptors (Lipinski definition) is 2. The molecule has 0 amide bonds. The number of ether oxygens (including phenoxy) is 1. The molecule has 0 aliphatic rings. The molecule has 96 valence electrons. The molecule has 1 atom stereocenters. The summed E-state index contributed by atoms with van der Waals surface area (Å²) in [5, 5.41) is 0. The van der Waals surface area contributed by atoms with E-state index in [2.05, 4.69) is 13.8 Å². The van der Waals surface area contributed by atoms with Gasteiger partial charge in [0.25, 0.3) is 0 Å². The van der Waals surface area contributed by atoms with Gasteiger partial charge in [-0.3, -0.25) is 0 Å². The van der Waals surface area contributed by atoms with Gasteiger partial charge >= 0.3 is 0 Å². The summed E-state index contributed by atoms with van der Waals surface area (Å²) >= 11 is 0. The zero-order valence-corrected chi connectivity index (χ0v) is 10.9. The first-order valence-corrected chi connectivity index (χ1v) is 6.18. The van der Waals surface area contributed by atoms with E-state index in [1.54, 1.807) is 6.07 Å². The lowest BCUT2D eigenvalue weighted by atomic mass is 10.1. The second-order valence-electron chi connectivity index (χ2n) is 4.86. The van der Waals surface area contributed by atoms with Crippen molar-refractivity contribution in [3.8, 4) is 5.75 Å². The molecule has 0 saturated carbocycles. The molecule has 1 rings (SSSR count). The molecule has 0 heterocycles. The number of hydrogen-bond donors (Lipinski definition) is 1. The quantitative estimate of drug-likeness (QED) is 0.769. The van der Waals surface area contributed by atoms with Crippen LogP contribution in [-0.2, 0) is 0 Å². The van der Waals surface area contributed by atoms with Crippen LogP contribution in [0.25, 0.3) is 0 Å². The predicted molar refractivity (Wildman–Crippen MR) is 68.6 cm³/mol. The Labute approximate surface area is 103 Å². The molecule has 0 aromatic heterocycles. The van der Waals surface area contributed by atoms with E-state index in [0.29, 0.717) is 18.3 Å². The summed E-state index contributed by atoms with van der Waals surface area (Å²) in [5.74, 6) is 0.955. The van der Waals surface area contributed by atoms with E-state index in [4.69, 9.17) is 10.5 Å². The van der Waals surface area contributed by atoms with Gasteiger partial charge in [-0.15, -0.1) is 0 Å². The standard InChI is InChI=1S/C14H22FNO/c1-10(2)5-4-8-17-14-9-12(15)6-7-13(14)11(3)16/h6-7,9-11H,4-5,8,16H2,1-3H3/t11-/m0/s1. The van der Waals surface area contributed by atoms with E-state index in [1.165, 1.54) is 12.1 Å². The zero-order chi connectivity index (χ0) is 12.8. The van der Waals surface area contributed by atoms with Crippen LogP contribution in [0, 0.1) is 11.7 Å². The molecule has 3 heteroatoms. The number of nitrogens with two attached hydrogens (primary N) is 1. The molecule has 0 aliphatic carbocycles. The molecule has 2 nitrogen and oxygen atoms in total. The Morgan fingerprint density at radius 1 is 1.29 bits per heavy atom. The summed E-state index contributed by atoms with van der Waals surface area (Å²) in [4.78, 5) is 0. The van der Waals surface area contributed by atoms with Crippen LogP contribution in [0.4, 0.5) is 4.39 Å². The molecule has 0 spiro atoms. The lowest BCUT2D eigenvalue weighted by molar-refractivity contribution is 0.292. The van der Waals surface area contributed by atoms with Gasteiger partial charge in [-0.25, -0.2) is 4.39 Å². The predicted octanol–water partition coefficient (Wildman–Crippen LogP) is 3.66. The van der Waals surface area contributed by atoms with E-state index >= 15 is 0 Å². The second-order valence-corrected chi connectivity index (χ2v) is 4.86. The van der Waals surface area contributed by atoms with Crippen molar-refractivity contribution in [2.45, 2.75) is 39.7 Å². The lowest BCUT2D eigenvalue weighted by Crippen LogP contribution is -2.09. The Morgan fingerprint density at radius 3 is 2.59 bits per heavy atom. The van der Waals surface area contributed by atoms with Crippen molar-refractivity contribution in [3.63, 3.8) is 0 Å². The topological polar surface area (TPSA) is 35.2 Å². The van der Waals surface area contributed by atoms with E-state index in [9.17, 15) is 4.39 Å². The van der Waals surface area contributed by atoms with Crippen LogP contribution in [0.5, 0.6) is 5.75 Å². The average Bonchev–Trinajstić information content (AvgIpc) is 2.23. The van der Waals surface area contributed by atoms with Crippen LogP contribution in [0.3, 0.4) is 0 Å². The Morgan fingerprint density at radius 2 is 2.00 bits per heavy atom. The van der Waals surface area contributed by atoms with Gasteiger partial charge in [0.2, 0.25) is 0 Å². The van der Waals surface area contributed by atoms with Gasteiger partial charge in [0, 0.05) is 17.7 Å². The molecule has 0 saturated heterocycles. The minimum atomic E-state index is -0.284. The maximum absolute atomic E-state index is 13.1. The Kier molecular flexibility index (Phi) is 5.42. The fourth-order valence-corrected chi connectivity index (χ4v) is 1.68. The third-order valence-electron chi connectivity index (χ3n) is 2.65. The first-order chi connectivity index (χ1) is 8.00. The van der Waals surface area contributed by atoms with Crippen molar-refractivity contribution in [2.75, 3.05) is 6.61 Å². The third-order valence-corrected chi connectivity index (χ3v) is 2.65. The number of halogens is 1. The van der Waals surface area contributed by atoms with Gasteiger partial charge in [-0.05, 0) is 31.7 Å². The van der Waals surface area contributed by atoms with Gasteiger partial charge in [0.15, 0.2) is 0 Å². The van der Waals surface area contributed by atoms with Gasteiger partial charge in [-0.2, -0.15) is 0 Å². The molecule has 0 fully saturated rings. The summed E-state index contributed by atoms with van der Waals surface area (Å²) in [5.41, 5.74) is 6.67. The van der Waals surface area contributed by atoms with Crippen LogP contribution < -0.4 is 10.5 Å². The van der Waals surface area contributed by atoms with Crippen LogP contribution >= 0.6 is 0 Å². The van der Waals surface area contributed by atoms with Gasteiger partial charge < -0.3 is 10.5 Å². The molecule has 0 bridgehead atoms. The van der Waals surface area contributed by atoms with Crippen molar-refractivity contribution in [1.29, 1.82) is 0 Å². The molecule has 0 unspecified atom stereocenters. The summed E-state index contributed by atoms with van der Waals surface area (Å²) < 4.78 is 18.7. The summed E-state index contributed by atoms with van der Waals surface area (Å²) in [6.45, 7) is 6.83. The molecule has 17 heavy (non-hydrogen) atoms. The molecule has 0 aliphatic heterocycles. The normalized spacial score (nSPS) is 12.8. The highest BCUT2D eigenvalue weighted by Crippen LogP contribution is 2.25. The summed E-state index contributed by atoms with van der Waals surface area (Å²) in [6, 6.07) is 4.38. The van der Waals surface area contributed by atoms with Gasteiger partial charge in [0.05, 0.1) is 6.61 Å². The van der Waals surface area contributed by atoms with E-state index in [-0.39, 0.29) is 11.9 Å². The van der Waals surface area contributed by atoms with Crippen LogP contribution in [0.2, 0.25) is 0 Å². The maximum atomic E-state index is 13.1. The van der Waals surface area contributed by atoms with Crippen molar-refractivity contribution in [2.24, 2.45) is 11.7 Å². The van der Waals surface area contributed by atoms with E-state index in [1.807, 2.05) is 6.92 Å². The van der Waals surface area contributed by atoms with E-state index in [0.717, 1.165) is 18.4 Å². The van der Waals surface area contributed by atoms with Crippen LogP contribution in [-0.4, -0.2) is 6.61 Å². The lowest BCUT2D eigenvalue weighted by Gasteiger charge is -2.14. The summed E-state index contributed by atoms with van der Waals surface area (Å²) in [7, 11) is 0. The van der Waals surface area contributed by atoms with Crippen LogP contribution in [0.15, 0.2) is 18.2 Å². The molecular weight excluding hydrogens is 217 g/mol. The average molecular weight is 239 g/mol. The smallest absolute Gasteiger partial charge is 0.126 e. The fraction of sp³-hybridized carbons (Fsp3) is 0.571. The number of benzene rings is 1. The fourth-order valence-electron chi connectivity index (χ4n) is 1.68. The van der Waals surface area contributed by atoms with Gasteiger partial charge in [0.1, 0.15) is 11.6 Å². The van der Waals surface area contributed by atoms with Crippen molar-refractivity contribution >= 4 is 0 Å². The Balaban J connectivity index is 2.59. The minimum Gasteiger partial charge on any atom is -0.493 e. The highest BCUT2D eigenvalue weighted by Gasteiger charge is 2.09. The first-order valence-electron chi connectivity index (χ1n) is 6.18. The second kappa shape index (κ2) is 6.60. The molecule has 0 radical (unpaired) electrons. The monoisotopic (exact) mass is 239 g/mol. The molecule has 1 aromatic rings. The maximum Gasteiger partial charge on any atom is 0.126 e. The highest BCUT2D eigenvalue weighted by molar-refractivity contribution is 5.36. The minimum absolute atomic E-state index is 0.143. The first kappa shape index (κ1) is 14.0. The third kappa shape index (κ3) is 4.73. The van der Waals surface area contributed by atoms with Crippen LogP contribution in [0.1, 0.15) is 45.2 Å². The molecule has 1 aromatic carbocycles. The number of rotatable bonds is 6. The SMILES string of the molecule is CC(C)CCCOc1cc(F)ccc1[C@H](C)N. The Hall–Kier alpha value is -1.09. The van der Waals surface area contributed by atoms with E-state index < -0.39 is 0 Å². The van der Waals surface area contributed by atoms with Gasteiger partial charge in [-0.1, -0.05) is 19.9 Å². The van der Waals surface area contributed by atoms with Crippen molar-refractivity contribution in [1.82, 2.24) is 0 Å². The zero-order valence-electron chi connectivity index (χ0n) is 10.9. The Bertz CT molecular complexity index is 350. The van der Waals surface area contributed by atoms with Crippen molar-refractivity contribution in [3.05, 3.63) is 29.6 Å².